The number of nitrogens with zero attached hydrogens (tertiary/aromatic N) is 1. The van der Waals surface area contributed by atoms with Gasteiger partial charge in [-0.15, -0.1) is 0 Å². The lowest BCUT2D eigenvalue weighted by molar-refractivity contribution is -0.120. The van der Waals surface area contributed by atoms with Crippen LogP contribution in [0.5, 0.6) is 5.75 Å². The monoisotopic (exact) mass is 455 g/mol. The summed E-state index contributed by atoms with van der Waals surface area (Å²) in [5.41, 5.74) is 4.10. The van der Waals surface area contributed by atoms with E-state index in [1.165, 1.54) is 18.5 Å². The van der Waals surface area contributed by atoms with Gasteiger partial charge in [0.1, 0.15) is 12.4 Å². The number of ether oxygens (including phenoxy) is 1. The highest BCUT2D eigenvalue weighted by atomic mass is 79.9. The highest BCUT2D eigenvalue weighted by molar-refractivity contribution is 9.10. The second kappa shape index (κ2) is 10.2. The molecule has 2 amide bonds. The van der Waals surface area contributed by atoms with Crippen LogP contribution < -0.4 is 15.5 Å². The van der Waals surface area contributed by atoms with Crippen molar-refractivity contribution in [1.82, 2.24) is 10.7 Å². The molecule has 0 spiro atoms. The molecule has 2 aromatic carbocycles. The number of furan rings is 1. The Bertz CT molecular complexity index is 988. The van der Waals surface area contributed by atoms with Crippen LogP contribution in [0.2, 0.25) is 0 Å². The zero-order valence-corrected chi connectivity index (χ0v) is 16.9. The molecule has 3 aromatic rings. The summed E-state index contributed by atoms with van der Waals surface area (Å²) in [7, 11) is 0. The normalized spacial score (nSPS) is 10.7. The maximum atomic E-state index is 11.9. The van der Waals surface area contributed by atoms with Crippen LogP contribution in [0.25, 0.3) is 0 Å². The van der Waals surface area contributed by atoms with Crippen LogP contribution in [0, 0.1) is 0 Å². The van der Waals surface area contributed by atoms with Crippen LogP contribution >= 0.6 is 15.9 Å². The van der Waals surface area contributed by atoms with E-state index in [2.05, 4.69) is 31.8 Å². The third-order valence-corrected chi connectivity index (χ3v) is 4.25. The molecule has 1 heterocycles. The van der Waals surface area contributed by atoms with Crippen molar-refractivity contribution >= 4 is 34.0 Å². The maximum Gasteiger partial charge on any atom is 0.287 e. The van der Waals surface area contributed by atoms with Crippen LogP contribution in [0.1, 0.15) is 21.7 Å². The Morgan fingerprint density at radius 2 is 1.93 bits per heavy atom. The highest BCUT2D eigenvalue weighted by Crippen LogP contribution is 2.22. The van der Waals surface area contributed by atoms with E-state index in [0.29, 0.717) is 17.9 Å². The number of carbonyl (C=O) groups is 2. The summed E-state index contributed by atoms with van der Waals surface area (Å²) in [5, 5.41) is 6.38. The van der Waals surface area contributed by atoms with Gasteiger partial charge in [-0.1, -0.05) is 46.3 Å². The molecule has 8 heteroatoms. The lowest BCUT2D eigenvalue weighted by Crippen LogP contribution is -2.34. The number of hydrogen-bond donors (Lipinski definition) is 2. The number of rotatable bonds is 8. The molecule has 7 nitrogen and oxygen atoms in total. The SMILES string of the molecule is O=C(CNC(=O)c1ccco1)N/N=C/c1cc(Br)ccc1OCc1ccccc1. The molecule has 0 aliphatic carbocycles. The third kappa shape index (κ3) is 6.32. The second-order valence-corrected chi connectivity index (χ2v) is 6.83. The van der Waals surface area contributed by atoms with Crippen LogP contribution in [0.4, 0.5) is 0 Å². The van der Waals surface area contributed by atoms with Crippen molar-refractivity contribution in [2.75, 3.05) is 6.54 Å². The van der Waals surface area contributed by atoms with E-state index in [1.807, 2.05) is 48.5 Å². The zero-order chi connectivity index (χ0) is 20.5. The maximum absolute atomic E-state index is 11.9. The fourth-order valence-electron chi connectivity index (χ4n) is 2.36. The first-order valence-corrected chi connectivity index (χ1v) is 9.51. The molecule has 2 N–H and O–H groups in total. The summed E-state index contributed by atoms with van der Waals surface area (Å²) in [6, 6.07) is 18.4. The number of halogens is 1. The van der Waals surface area contributed by atoms with E-state index >= 15 is 0 Å². The molecule has 1 aromatic heterocycles. The molecule has 0 saturated heterocycles. The van der Waals surface area contributed by atoms with Crippen molar-refractivity contribution in [2.24, 2.45) is 5.10 Å². The number of carbonyl (C=O) groups excluding carboxylic acids is 2. The molecule has 0 fully saturated rings. The van der Waals surface area contributed by atoms with Crippen molar-refractivity contribution in [2.45, 2.75) is 6.61 Å². The Kier molecular flexibility index (Phi) is 7.18. The molecule has 0 atom stereocenters. The summed E-state index contributed by atoms with van der Waals surface area (Å²) in [5.74, 6) is -0.183. The first kappa shape index (κ1) is 20.3. The van der Waals surface area contributed by atoms with Crippen molar-refractivity contribution in [1.29, 1.82) is 0 Å². The first-order chi connectivity index (χ1) is 14.1. The molecular formula is C21H18BrN3O4. The van der Waals surface area contributed by atoms with Crippen molar-refractivity contribution in [3.05, 3.63) is 88.3 Å². The van der Waals surface area contributed by atoms with Crippen LogP contribution in [-0.4, -0.2) is 24.6 Å². The predicted octanol–water partition coefficient (Wildman–Crippen LogP) is 3.50. The molecule has 0 bridgehead atoms. The lowest BCUT2D eigenvalue weighted by Gasteiger charge is -2.09. The van der Waals surface area contributed by atoms with Gasteiger partial charge in [0.05, 0.1) is 19.0 Å². The van der Waals surface area contributed by atoms with E-state index in [-0.39, 0.29) is 12.3 Å². The van der Waals surface area contributed by atoms with Gasteiger partial charge in [-0.3, -0.25) is 9.59 Å². The summed E-state index contributed by atoms with van der Waals surface area (Å²) in [6.07, 6.45) is 2.87. The quantitative estimate of drug-likeness (QED) is 0.401. The minimum Gasteiger partial charge on any atom is -0.488 e. The molecule has 0 aliphatic heterocycles. The second-order valence-electron chi connectivity index (χ2n) is 5.91. The van der Waals surface area contributed by atoms with E-state index < -0.39 is 11.8 Å². The van der Waals surface area contributed by atoms with E-state index in [1.54, 1.807) is 6.07 Å². The largest absolute Gasteiger partial charge is 0.488 e. The Balaban J connectivity index is 1.54. The summed E-state index contributed by atoms with van der Waals surface area (Å²) >= 11 is 3.41. The van der Waals surface area contributed by atoms with Gasteiger partial charge in [-0.05, 0) is 35.9 Å². The van der Waals surface area contributed by atoms with Gasteiger partial charge in [0.15, 0.2) is 5.76 Å². The van der Waals surface area contributed by atoms with Gasteiger partial charge < -0.3 is 14.5 Å². The lowest BCUT2D eigenvalue weighted by atomic mass is 10.2. The molecular weight excluding hydrogens is 438 g/mol. The number of hydrazone groups is 1. The standard InChI is InChI=1S/C21H18BrN3O4/c22-17-8-9-18(29-14-15-5-2-1-3-6-15)16(11-17)12-24-25-20(26)13-23-21(27)19-7-4-10-28-19/h1-12H,13-14H2,(H,23,27)(H,25,26)/b24-12+. The minimum atomic E-state index is -0.474. The Hall–Kier alpha value is -3.39. The van der Waals surface area contributed by atoms with Crippen LogP contribution in [-0.2, 0) is 11.4 Å². The molecule has 3 rings (SSSR count). The van der Waals surface area contributed by atoms with E-state index in [4.69, 9.17) is 9.15 Å². The molecule has 0 saturated carbocycles. The molecule has 0 unspecified atom stereocenters. The first-order valence-electron chi connectivity index (χ1n) is 8.72. The Morgan fingerprint density at radius 3 is 2.69 bits per heavy atom. The zero-order valence-electron chi connectivity index (χ0n) is 15.3. The highest BCUT2D eigenvalue weighted by Gasteiger charge is 2.09. The number of hydrogen-bond acceptors (Lipinski definition) is 5. The minimum absolute atomic E-state index is 0.135. The number of nitrogens with one attached hydrogen (secondary N) is 2. The van der Waals surface area contributed by atoms with Gasteiger partial charge in [0.25, 0.3) is 11.8 Å². The van der Waals surface area contributed by atoms with Crippen molar-refractivity contribution < 1.29 is 18.7 Å². The number of amides is 2. The Labute approximate surface area is 175 Å². The summed E-state index contributed by atoms with van der Waals surface area (Å²) in [4.78, 5) is 23.6. The summed E-state index contributed by atoms with van der Waals surface area (Å²) < 4.78 is 11.7. The predicted molar refractivity (Wildman–Crippen MR) is 112 cm³/mol. The molecule has 0 aliphatic rings. The van der Waals surface area contributed by atoms with Crippen molar-refractivity contribution in [3.63, 3.8) is 0 Å². The molecule has 148 valence electrons. The molecule has 29 heavy (non-hydrogen) atoms. The number of benzene rings is 2. The van der Waals surface area contributed by atoms with E-state index in [9.17, 15) is 9.59 Å². The van der Waals surface area contributed by atoms with Gasteiger partial charge >= 0.3 is 0 Å². The fraction of sp³-hybridized carbons (Fsp3) is 0.0952. The average molecular weight is 456 g/mol. The fourth-order valence-corrected chi connectivity index (χ4v) is 2.73. The summed E-state index contributed by atoms with van der Waals surface area (Å²) in [6.45, 7) is 0.182. The smallest absolute Gasteiger partial charge is 0.287 e. The van der Waals surface area contributed by atoms with Gasteiger partial charge in [-0.25, -0.2) is 5.43 Å². The molecule has 0 radical (unpaired) electrons. The van der Waals surface area contributed by atoms with Gasteiger partial charge in [0, 0.05) is 10.0 Å². The van der Waals surface area contributed by atoms with Gasteiger partial charge in [-0.2, -0.15) is 5.10 Å². The topological polar surface area (TPSA) is 92.9 Å². The average Bonchev–Trinajstić information content (AvgIpc) is 3.27. The van der Waals surface area contributed by atoms with Crippen LogP contribution in [0.15, 0.2) is 80.9 Å². The third-order valence-electron chi connectivity index (χ3n) is 3.76. The van der Waals surface area contributed by atoms with E-state index in [0.717, 1.165) is 10.0 Å². The Morgan fingerprint density at radius 1 is 1.10 bits per heavy atom. The van der Waals surface area contributed by atoms with Gasteiger partial charge in [0.2, 0.25) is 0 Å². The van der Waals surface area contributed by atoms with Crippen LogP contribution in [0.3, 0.4) is 0 Å². The van der Waals surface area contributed by atoms with Crippen molar-refractivity contribution in [3.8, 4) is 5.75 Å².